The van der Waals surface area contributed by atoms with Crippen LogP contribution in [0.15, 0.2) is 121 Å². The van der Waals surface area contributed by atoms with Crippen molar-refractivity contribution in [3.8, 4) is 33.8 Å². The van der Waals surface area contributed by atoms with Crippen LogP contribution in [0.5, 0.6) is 11.5 Å². The monoisotopic (exact) mass is 965 g/mol. The third-order valence-corrected chi connectivity index (χ3v) is 11.4. The molecule has 0 aromatic heterocycles. The molecule has 0 radical (unpaired) electrons. The third-order valence-electron chi connectivity index (χ3n) is 11.4. The Morgan fingerprint density at radius 1 is 0.492 bits per heavy atom. The molecule has 308 valence electrons. The zero-order valence-corrected chi connectivity index (χ0v) is 38.0. The van der Waals surface area contributed by atoms with Crippen LogP contribution in [-0.2, 0) is 21.1 Å². The molecule has 6 nitrogen and oxygen atoms in total. The van der Waals surface area contributed by atoms with Crippen molar-refractivity contribution in [3.05, 3.63) is 157 Å². The van der Waals surface area contributed by atoms with E-state index >= 15 is 0 Å². The van der Waals surface area contributed by atoms with Crippen LogP contribution in [0, 0.1) is 13.3 Å². The molecule has 6 aromatic carbocycles. The van der Waals surface area contributed by atoms with E-state index in [2.05, 4.69) is 157 Å². The zero-order chi connectivity index (χ0) is 41.2. The van der Waals surface area contributed by atoms with Gasteiger partial charge in [0.15, 0.2) is 0 Å². The molecule has 0 fully saturated rings. The van der Waals surface area contributed by atoms with Gasteiger partial charge < -0.3 is 30.2 Å². The summed E-state index contributed by atoms with van der Waals surface area (Å²) < 4.78 is 0. The molecule has 2 aliphatic heterocycles. The Balaban J connectivity index is 0.000000195. The van der Waals surface area contributed by atoms with Gasteiger partial charge in [0.1, 0.15) is 11.5 Å². The summed E-state index contributed by atoms with van der Waals surface area (Å²) in [7, 11) is 0. The van der Waals surface area contributed by atoms with E-state index < -0.39 is 0 Å². The Kier molecular flexibility index (Phi) is 13.5. The molecular formula is C52H58N4O2Pt. The van der Waals surface area contributed by atoms with Crippen LogP contribution in [0.25, 0.3) is 22.3 Å². The van der Waals surface area contributed by atoms with Crippen molar-refractivity contribution < 1.29 is 31.3 Å². The molecule has 0 bridgehead atoms. The van der Waals surface area contributed by atoms with E-state index in [0.29, 0.717) is 23.7 Å². The predicted octanol–water partition coefficient (Wildman–Crippen LogP) is 14.4. The summed E-state index contributed by atoms with van der Waals surface area (Å²) in [5.74, 6) is 2.25. The largest absolute Gasteiger partial charge is 2.00 e. The van der Waals surface area contributed by atoms with Crippen molar-refractivity contribution in [2.75, 3.05) is 26.6 Å². The number of aromatic hydroxyl groups is 2. The standard InChI is InChI=1S/C27H31N2O.C25H27N2O.Pt/c1-6-28-17-29(24-13-8-7-12-23(24)28)25-16-20(14-15-26(25)30)27-21(18(2)3)10-9-11-22(27)19(4)5;1-16(2)19-8-7-9-20(17(3)4)25(19)18-12-13-24(28)23(14-18)27-15-26-21-10-5-6-11-22(21)27;/h7-19,30H,6H2,1-5H3;5-17,26,28H,1-4H3;/q2*-1;+2. The van der Waals surface area contributed by atoms with Gasteiger partial charge in [-0.25, -0.2) is 0 Å². The van der Waals surface area contributed by atoms with E-state index in [1.807, 2.05) is 54.0 Å². The van der Waals surface area contributed by atoms with E-state index in [9.17, 15) is 10.2 Å². The fraction of sp³-hybridized carbons (Fsp3) is 0.269. The van der Waals surface area contributed by atoms with Gasteiger partial charge in [-0.2, -0.15) is 6.67 Å². The quantitative estimate of drug-likeness (QED) is 0.126. The fourth-order valence-electron chi connectivity index (χ4n) is 8.34. The number of nitrogens with zero attached hydrogens (tertiary/aromatic N) is 3. The van der Waals surface area contributed by atoms with Crippen LogP contribution in [0.3, 0.4) is 0 Å². The number of phenols is 2. The van der Waals surface area contributed by atoms with Gasteiger partial charge in [0.2, 0.25) is 0 Å². The van der Waals surface area contributed by atoms with E-state index in [-0.39, 0.29) is 32.6 Å². The molecule has 0 spiro atoms. The molecule has 2 aliphatic rings. The van der Waals surface area contributed by atoms with Crippen LogP contribution in [0.2, 0.25) is 0 Å². The average molecular weight is 966 g/mol. The number of fused-ring (bicyclic) bond motifs is 2. The van der Waals surface area contributed by atoms with Gasteiger partial charge in [-0.05, 0) is 130 Å². The van der Waals surface area contributed by atoms with E-state index in [0.717, 1.165) is 51.8 Å². The average Bonchev–Trinajstić information content (AvgIpc) is 3.83. The Morgan fingerprint density at radius 2 is 0.915 bits per heavy atom. The summed E-state index contributed by atoms with van der Waals surface area (Å²) in [4.78, 5) is 6.33. The smallest absolute Gasteiger partial charge is 0.514 e. The van der Waals surface area contributed by atoms with Crippen LogP contribution in [-0.4, -0.2) is 16.8 Å². The molecular weight excluding hydrogens is 908 g/mol. The second kappa shape index (κ2) is 18.4. The molecule has 0 saturated carbocycles. The van der Waals surface area contributed by atoms with Gasteiger partial charge in [-0.15, -0.1) is 6.67 Å². The van der Waals surface area contributed by atoms with Crippen LogP contribution >= 0.6 is 0 Å². The third kappa shape index (κ3) is 8.61. The summed E-state index contributed by atoms with van der Waals surface area (Å²) in [5, 5.41) is 24.7. The van der Waals surface area contributed by atoms with Crippen molar-refractivity contribution in [2.24, 2.45) is 0 Å². The Bertz CT molecular complexity index is 2350. The first kappa shape index (κ1) is 43.4. The van der Waals surface area contributed by atoms with Crippen LogP contribution in [0.4, 0.5) is 34.1 Å². The minimum Gasteiger partial charge on any atom is -0.514 e. The predicted molar refractivity (Wildman–Crippen MR) is 246 cm³/mol. The molecule has 0 saturated heterocycles. The number of para-hydroxylation sites is 4. The van der Waals surface area contributed by atoms with Gasteiger partial charge in [0.25, 0.3) is 0 Å². The zero-order valence-electron chi connectivity index (χ0n) is 35.8. The molecule has 0 aliphatic carbocycles. The van der Waals surface area contributed by atoms with E-state index in [1.54, 1.807) is 6.07 Å². The Morgan fingerprint density at radius 3 is 1.37 bits per heavy atom. The molecule has 59 heavy (non-hydrogen) atoms. The maximum atomic E-state index is 10.8. The number of nitrogens with one attached hydrogen (secondary N) is 1. The maximum Gasteiger partial charge on any atom is 2.00 e. The molecule has 0 amide bonds. The molecule has 8 rings (SSSR count). The Hall–Kier alpha value is -5.19. The number of anilines is 6. The van der Waals surface area contributed by atoms with E-state index in [4.69, 9.17) is 0 Å². The normalized spacial score (nSPS) is 13.1. The topological polar surface area (TPSA) is 62.2 Å². The number of benzene rings is 6. The van der Waals surface area contributed by atoms with Crippen LogP contribution in [0.1, 0.15) is 108 Å². The second-order valence-corrected chi connectivity index (χ2v) is 16.6. The van der Waals surface area contributed by atoms with Gasteiger partial charge in [0.05, 0.1) is 11.4 Å². The van der Waals surface area contributed by atoms with Gasteiger partial charge >= 0.3 is 21.1 Å². The van der Waals surface area contributed by atoms with Crippen molar-refractivity contribution in [3.63, 3.8) is 0 Å². The fourth-order valence-corrected chi connectivity index (χ4v) is 8.34. The number of hydrogen-bond donors (Lipinski definition) is 3. The minimum atomic E-state index is 0. The molecule has 7 heteroatoms. The maximum absolute atomic E-state index is 10.8. The van der Waals surface area contributed by atoms with Crippen molar-refractivity contribution >= 4 is 34.1 Å². The summed E-state index contributed by atoms with van der Waals surface area (Å²) in [6.45, 7) is 24.9. The number of rotatable bonds is 9. The summed E-state index contributed by atoms with van der Waals surface area (Å²) in [6, 6.07) is 41.6. The van der Waals surface area contributed by atoms with Crippen molar-refractivity contribution in [1.29, 1.82) is 0 Å². The second-order valence-electron chi connectivity index (χ2n) is 16.6. The first-order valence-electron chi connectivity index (χ1n) is 20.8. The van der Waals surface area contributed by atoms with E-state index in [1.165, 1.54) is 33.4 Å². The number of phenolic OH excluding ortho intramolecular Hbond substituents is 2. The SMILES string of the molecule is CC(C)c1cccc(C(C)C)c1-c1ccc(O)c(N2[CH-]Nc3ccccc32)c1.CCN1[CH-]N(c2cc(-c3c(C(C)C)cccc3C(C)C)ccc2O)c2ccccc21.[Pt+2]. The molecule has 0 atom stereocenters. The summed E-state index contributed by atoms with van der Waals surface area (Å²) in [6.07, 6.45) is 0. The van der Waals surface area contributed by atoms with Gasteiger partial charge in [0, 0.05) is 22.7 Å². The molecule has 2 heterocycles. The molecule has 6 aromatic rings. The van der Waals surface area contributed by atoms with Crippen LogP contribution < -0.4 is 20.0 Å². The number of hydrogen-bond acceptors (Lipinski definition) is 6. The Labute approximate surface area is 366 Å². The molecule has 0 unspecified atom stereocenters. The van der Waals surface area contributed by atoms with Crippen molar-refractivity contribution in [1.82, 2.24) is 0 Å². The first-order chi connectivity index (χ1) is 27.9. The van der Waals surface area contributed by atoms with Crippen molar-refractivity contribution in [2.45, 2.75) is 86.0 Å². The minimum absolute atomic E-state index is 0. The van der Waals surface area contributed by atoms with Gasteiger partial charge in [-0.3, -0.25) is 0 Å². The first-order valence-corrected chi connectivity index (χ1v) is 20.8. The summed E-state index contributed by atoms with van der Waals surface area (Å²) >= 11 is 0. The summed E-state index contributed by atoms with van der Waals surface area (Å²) in [5.41, 5.74) is 16.2. The van der Waals surface area contributed by atoms with Gasteiger partial charge in [-0.1, -0.05) is 128 Å². The molecule has 3 N–H and O–H groups in total.